The Balaban J connectivity index is 1.79. The van der Waals surface area contributed by atoms with Crippen LogP contribution in [0.15, 0.2) is 22.8 Å². The summed E-state index contributed by atoms with van der Waals surface area (Å²) in [5.41, 5.74) is 1.51. The number of Topliss-reactive ketones (excluding diaryl/α,β-unsaturated/α-hetero) is 1. The predicted octanol–water partition coefficient (Wildman–Crippen LogP) is 2.65. The zero-order valence-electron chi connectivity index (χ0n) is 11.8. The van der Waals surface area contributed by atoms with Gasteiger partial charge in [0.2, 0.25) is 0 Å². The Kier molecular flexibility index (Phi) is 2.37. The summed E-state index contributed by atoms with van der Waals surface area (Å²) in [5.74, 6) is 0.201. The highest BCUT2D eigenvalue weighted by molar-refractivity contribution is 6.02. The van der Waals surface area contributed by atoms with Crippen LogP contribution in [0, 0.1) is 18.3 Å². The molecule has 1 aliphatic heterocycles. The fourth-order valence-corrected chi connectivity index (χ4v) is 3.76. The molecule has 4 heteroatoms. The summed E-state index contributed by atoms with van der Waals surface area (Å²) in [6, 6.07) is 0. The largest absolute Gasteiger partial charge is 0.468 e. The van der Waals surface area contributed by atoms with Crippen LogP contribution in [0.1, 0.15) is 35.0 Å². The average Bonchev–Trinajstić information content (AvgIpc) is 3.00. The SMILES string of the molecule is Cc1coc2c1C(=O)[C@H]1CC3(C=C[C@@]1(C)C2)OCCO3. The molecule has 2 aliphatic carbocycles. The van der Waals surface area contributed by atoms with E-state index in [2.05, 4.69) is 13.0 Å². The summed E-state index contributed by atoms with van der Waals surface area (Å²) in [5, 5.41) is 0. The van der Waals surface area contributed by atoms with E-state index in [-0.39, 0.29) is 17.1 Å². The highest BCUT2D eigenvalue weighted by atomic mass is 16.7. The standard InChI is InChI=1S/C16H18O4/c1-10-9-18-12-8-15(2)3-4-16(19-5-6-20-16)7-11(15)14(17)13(10)12/h3-4,9,11H,5-8H2,1-2H3/t11-,15+/m1/s1. The number of hydrogen-bond acceptors (Lipinski definition) is 4. The monoisotopic (exact) mass is 274 g/mol. The molecular formula is C16H18O4. The minimum atomic E-state index is -0.686. The molecule has 1 fully saturated rings. The number of carbonyl (C=O) groups is 1. The van der Waals surface area contributed by atoms with E-state index in [1.54, 1.807) is 6.26 Å². The van der Waals surface area contributed by atoms with Crippen molar-refractivity contribution >= 4 is 5.78 Å². The lowest BCUT2D eigenvalue weighted by Crippen LogP contribution is -2.47. The first kappa shape index (κ1) is 12.4. The Morgan fingerprint density at radius 2 is 2.00 bits per heavy atom. The number of rotatable bonds is 0. The van der Waals surface area contributed by atoms with Gasteiger partial charge in [-0.3, -0.25) is 4.79 Å². The van der Waals surface area contributed by atoms with E-state index < -0.39 is 5.79 Å². The molecule has 0 saturated carbocycles. The zero-order chi connectivity index (χ0) is 14.0. The second kappa shape index (κ2) is 3.83. The topological polar surface area (TPSA) is 48.7 Å². The fourth-order valence-electron chi connectivity index (χ4n) is 3.76. The number of aryl methyl sites for hydroxylation is 1. The Bertz CT molecular complexity index is 606. The molecule has 1 aromatic heterocycles. The van der Waals surface area contributed by atoms with Crippen molar-refractivity contribution in [3.8, 4) is 0 Å². The van der Waals surface area contributed by atoms with Crippen molar-refractivity contribution in [2.45, 2.75) is 32.5 Å². The van der Waals surface area contributed by atoms with Gasteiger partial charge in [-0.2, -0.15) is 0 Å². The summed E-state index contributed by atoms with van der Waals surface area (Å²) in [6.45, 7) is 5.24. The first-order valence-corrected chi connectivity index (χ1v) is 7.13. The summed E-state index contributed by atoms with van der Waals surface area (Å²) in [7, 11) is 0. The maximum absolute atomic E-state index is 12.9. The van der Waals surface area contributed by atoms with Gasteiger partial charge < -0.3 is 13.9 Å². The van der Waals surface area contributed by atoms with Crippen LogP contribution in [0.3, 0.4) is 0 Å². The number of furan rings is 1. The van der Waals surface area contributed by atoms with Gasteiger partial charge in [0.1, 0.15) is 5.76 Å². The first-order chi connectivity index (χ1) is 9.53. The van der Waals surface area contributed by atoms with Gasteiger partial charge in [-0.05, 0) is 18.6 Å². The average molecular weight is 274 g/mol. The van der Waals surface area contributed by atoms with Crippen molar-refractivity contribution in [1.29, 1.82) is 0 Å². The van der Waals surface area contributed by atoms with Crippen LogP contribution in [-0.4, -0.2) is 24.8 Å². The van der Waals surface area contributed by atoms with E-state index in [0.29, 0.717) is 19.6 Å². The van der Waals surface area contributed by atoms with Crippen molar-refractivity contribution in [3.63, 3.8) is 0 Å². The van der Waals surface area contributed by atoms with Crippen molar-refractivity contribution < 1.29 is 18.7 Å². The minimum absolute atomic E-state index is 0.102. The van der Waals surface area contributed by atoms with Crippen LogP contribution >= 0.6 is 0 Å². The number of carbonyl (C=O) groups excluding carboxylic acids is 1. The molecule has 0 bridgehead atoms. The predicted molar refractivity (Wildman–Crippen MR) is 71.5 cm³/mol. The molecule has 1 saturated heterocycles. The van der Waals surface area contributed by atoms with E-state index in [1.165, 1.54) is 0 Å². The smallest absolute Gasteiger partial charge is 0.188 e. The summed E-state index contributed by atoms with van der Waals surface area (Å²) < 4.78 is 17.0. The van der Waals surface area contributed by atoms with Crippen LogP contribution < -0.4 is 0 Å². The third-order valence-corrected chi connectivity index (χ3v) is 4.93. The molecule has 2 heterocycles. The fraction of sp³-hybridized carbons (Fsp3) is 0.562. The third-order valence-electron chi connectivity index (χ3n) is 4.93. The summed E-state index contributed by atoms with van der Waals surface area (Å²) in [4.78, 5) is 12.9. The van der Waals surface area contributed by atoms with E-state index in [1.807, 2.05) is 13.0 Å². The van der Waals surface area contributed by atoms with Gasteiger partial charge in [0, 0.05) is 24.2 Å². The van der Waals surface area contributed by atoms with Crippen LogP contribution in [0.2, 0.25) is 0 Å². The quantitative estimate of drug-likeness (QED) is 0.682. The molecule has 0 amide bonds. The summed E-state index contributed by atoms with van der Waals surface area (Å²) >= 11 is 0. The van der Waals surface area contributed by atoms with Crippen molar-refractivity contribution in [1.82, 2.24) is 0 Å². The second-order valence-corrected chi connectivity index (χ2v) is 6.36. The van der Waals surface area contributed by atoms with E-state index in [0.717, 1.165) is 23.3 Å². The highest BCUT2D eigenvalue weighted by Crippen LogP contribution is 2.50. The molecule has 20 heavy (non-hydrogen) atoms. The van der Waals surface area contributed by atoms with E-state index >= 15 is 0 Å². The van der Waals surface area contributed by atoms with Crippen molar-refractivity contribution in [2.75, 3.05) is 13.2 Å². The van der Waals surface area contributed by atoms with Gasteiger partial charge in [-0.15, -0.1) is 0 Å². The van der Waals surface area contributed by atoms with Gasteiger partial charge in [0.05, 0.1) is 25.0 Å². The number of hydrogen-bond donors (Lipinski definition) is 0. The normalized spacial score (nSPS) is 34.3. The van der Waals surface area contributed by atoms with Crippen molar-refractivity contribution in [3.05, 3.63) is 35.3 Å². The van der Waals surface area contributed by atoms with Gasteiger partial charge in [-0.25, -0.2) is 0 Å². The Morgan fingerprint density at radius 1 is 1.25 bits per heavy atom. The number of fused-ring (bicyclic) bond motifs is 2. The minimum Gasteiger partial charge on any atom is -0.468 e. The van der Waals surface area contributed by atoms with E-state index in [9.17, 15) is 4.79 Å². The Hall–Kier alpha value is -1.39. The van der Waals surface area contributed by atoms with Gasteiger partial charge in [0.15, 0.2) is 11.6 Å². The molecule has 106 valence electrons. The Morgan fingerprint density at radius 3 is 2.75 bits per heavy atom. The van der Waals surface area contributed by atoms with Crippen LogP contribution in [0.25, 0.3) is 0 Å². The molecule has 0 radical (unpaired) electrons. The molecule has 1 aromatic rings. The third kappa shape index (κ3) is 1.52. The molecule has 0 N–H and O–H groups in total. The van der Waals surface area contributed by atoms with Gasteiger partial charge in [-0.1, -0.05) is 13.0 Å². The van der Waals surface area contributed by atoms with Crippen LogP contribution in [-0.2, 0) is 15.9 Å². The summed E-state index contributed by atoms with van der Waals surface area (Å²) in [6.07, 6.45) is 7.13. The number of allylic oxidation sites excluding steroid dienone is 1. The maximum atomic E-state index is 12.9. The Labute approximate surface area is 117 Å². The molecule has 3 aliphatic rings. The molecule has 0 aromatic carbocycles. The number of ether oxygens (including phenoxy) is 2. The highest BCUT2D eigenvalue weighted by Gasteiger charge is 2.53. The van der Waals surface area contributed by atoms with Crippen molar-refractivity contribution in [2.24, 2.45) is 11.3 Å². The molecule has 2 atom stereocenters. The molecule has 4 nitrogen and oxygen atoms in total. The second-order valence-electron chi connectivity index (χ2n) is 6.36. The lowest BCUT2D eigenvalue weighted by molar-refractivity contribution is -0.140. The van der Waals surface area contributed by atoms with E-state index in [4.69, 9.17) is 13.9 Å². The zero-order valence-corrected chi connectivity index (χ0v) is 11.8. The van der Waals surface area contributed by atoms with Crippen LogP contribution in [0.4, 0.5) is 0 Å². The lowest BCUT2D eigenvalue weighted by atomic mass is 9.61. The first-order valence-electron chi connectivity index (χ1n) is 7.13. The molecule has 1 spiro atoms. The molecule has 4 rings (SSSR count). The van der Waals surface area contributed by atoms with Gasteiger partial charge in [0.25, 0.3) is 0 Å². The number of ketones is 1. The lowest BCUT2D eigenvalue weighted by Gasteiger charge is -2.44. The maximum Gasteiger partial charge on any atom is 0.188 e. The molecular weight excluding hydrogens is 256 g/mol. The molecule has 0 unspecified atom stereocenters. The van der Waals surface area contributed by atoms with Gasteiger partial charge >= 0.3 is 0 Å². The van der Waals surface area contributed by atoms with Crippen LogP contribution in [0.5, 0.6) is 0 Å².